The number of rotatable bonds is 1. The highest BCUT2D eigenvalue weighted by atomic mass is 19.4. The van der Waals surface area contributed by atoms with Crippen molar-refractivity contribution in [3.05, 3.63) is 29.6 Å². The Bertz CT molecular complexity index is 464. The number of hydrogen-bond acceptors (Lipinski definition) is 2. The van der Waals surface area contributed by atoms with Crippen LogP contribution in [0.3, 0.4) is 0 Å². The van der Waals surface area contributed by atoms with Gasteiger partial charge in [-0.25, -0.2) is 13.2 Å². The Kier molecular flexibility index (Phi) is 4.12. The van der Waals surface area contributed by atoms with Crippen molar-refractivity contribution < 1.29 is 26.3 Å². The van der Waals surface area contributed by atoms with E-state index in [1.807, 2.05) is 0 Å². The largest absolute Gasteiger partial charge is 0.394 e. The smallest absolute Gasteiger partial charge is 0.369 e. The molecule has 0 bridgehead atoms. The lowest BCUT2D eigenvalue weighted by atomic mass is 10.1. The maximum Gasteiger partial charge on any atom is 0.394 e. The molecule has 0 aliphatic carbocycles. The quantitative estimate of drug-likeness (QED) is 0.633. The third-order valence-electron chi connectivity index (χ3n) is 3.19. The Morgan fingerprint density at radius 3 is 2.25 bits per heavy atom. The summed E-state index contributed by atoms with van der Waals surface area (Å²) in [6.45, 7) is -0.294. The maximum atomic E-state index is 13.1. The molecule has 1 aliphatic heterocycles. The van der Waals surface area contributed by atoms with Gasteiger partial charge in [0.05, 0.1) is 5.92 Å². The van der Waals surface area contributed by atoms with Crippen LogP contribution >= 0.6 is 0 Å². The van der Waals surface area contributed by atoms with E-state index in [-0.39, 0.29) is 25.3 Å². The number of benzene rings is 1. The summed E-state index contributed by atoms with van der Waals surface area (Å²) in [6, 6.07) is 1.41. The molecule has 0 radical (unpaired) electrons. The third kappa shape index (κ3) is 3.17. The fourth-order valence-corrected chi connectivity index (χ4v) is 2.09. The van der Waals surface area contributed by atoms with Gasteiger partial charge in [0.2, 0.25) is 0 Å². The molecule has 0 spiro atoms. The molecule has 112 valence electrons. The average Bonchev–Trinajstić information content (AvgIpc) is 2.60. The molecule has 1 saturated heterocycles. The van der Waals surface area contributed by atoms with Crippen molar-refractivity contribution in [3.8, 4) is 0 Å². The minimum atomic E-state index is -4.41. The maximum absolute atomic E-state index is 13.1. The molecule has 1 aromatic rings. The molecule has 1 aliphatic rings. The predicted molar refractivity (Wildman–Crippen MR) is 60.9 cm³/mol. The second kappa shape index (κ2) is 5.51. The molecule has 1 aromatic carbocycles. The monoisotopic (exact) mass is 298 g/mol. The van der Waals surface area contributed by atoms with Crippen LogP contribution in [0.5, 0.6) is 0 Å². The van der Waals surface area contributed by atoms with Gasteiger partial charge in [0.1, 0.15) is 0 Å². The number of alkyl halides is 3. The van der Waals surface area contributed by atoms with Crippen LogP contribution < -0.4 is 10.2 Å². The number of hydrogen-bond donors (Lipinski definition) is 1. The molecule has 0 amide bonds. The summed E-state index contributed by atoms with van der Waals surface area (Å²) in [6.07, 6.45) is -4.41. The second-order valence-corrected chi connectivity index (χ2v) is 4.61. The van der Waals surface area contributed by atoms with E-state index in [9.17, 15) is 26.3 Å². The first-order valence-corrected chi connectivity index (χ1v) is 5.96. The van der Waals surface area contributed by atoms with E-state index < -0.39 is 36.1 Å². The molecule has 1 atom stereocenters. The Labute approximate surface area is 111 Å². The van der Waals surface area contributed by atoms with Gasteiger partial charge in [-0.05, 0) is 0 Å². The van der Waals surface area contributed by atoms with Crippen LogP contribution in [0.1, 0.15) is 0 Å². The molecule has 0 aromatic heterocycles. The van der Waals surface area contributed by atoms with E-state index in [0.29, 0.717) is 12.1 Å². The van der Waals surface area contributed by atoms with E-state index >= 15 is 0 Å². The lowest BCUT2D eigenvalue weighted by Gasteiger charge is -2.27. The standard InChI is InChI=1S/C12H12F6N2/c13-9-3-8(4-10(14)11(9)15)20-2-1-19-5-7(6-20)12(16,17)18/h3-4,7,19H,1-2,5-6H2. The van der Waals surface area contributed by atoms with Crippen LogP contribution in [0.2, 0.25) is 0 Å². The van der Waals surface area contributed by atoms with Crippen molar-refractivity contribution in [2.75, 3.05) is 31.1 Å². The summed E-state index contributed by atoms with van der Waals surface area (Å²) < 4.78 is 77.4. The first-order chi connectivity index (χ1) is 9.29. The fraction of sp³-hybridized carbons (Fsp3) is 0.500. The molecule has 1 heterocycles. The molecule has 2 rings (SSSR count). The number of anilines is 1. The molecular weight excluding hydrogens is 286 g/mol. The van der Waals surface area contributed by atoms with Gasteiger partial charge in [0, 0.05) is 44.0 Å². The Balaban J connectivity index is 2.27. The zero-order valence-electron chi connectivity index (χ0n) is 10.3. The summed E-state index contributed by atoms with van der Waals surface area (Å²) in [5, 5.41) is 2.62. The molecule has 1 unspecified atom stereocenters. The van der Waals surface area contributed by atoms with Crippen molar-refractivity contribution >= 4 is 5.69 Å². The molecule has 20 heavy (non-hydrogen) atoms. The van der Waals surface area contributed by atoms with E-state index in [1.165, 1.54) is 4.90 Å². The van der Waals surface area contributed by atoms with Crippen LogP contribution in [0.25, 0.3) is 0 Å². The minimum absolute atomic E-state index is 0.0978. The molecule has 2 nitrogen and oxygen atoms in total. The van der Waals surface area contributed by atoms with Gasteiger partial charge in [0.25, 0.3) is 0 Å². The van der Waals surface area contributed by atoms with E-state index in [4.69, 9.17) is 0 Å². The summed E-state index contributed by atoms with van der Waals surface area (Å²) >= 11 is 0. The predicted octanol–water partition coefficient (Wildman–Crippen LogP) is 2.69. The Morgan fingerprint density at radius 2 is 1.70 bits per heavy atom. The zero-order valence-corrected chi connectivity index (χ0v) is 10.3. The first-order valence-electron chi connectivity index (χ1n) is 5.96. The van der Waals surface area contributed by atoms with E-state index in [2.05, 4.69) is 5.32 Å². The highest BCUT2D eigenvalue weighted by Crippen LogP contribution is 2.30. The van der Waals surface area contributed by atoms with Gasteiger partial charge < -0.3 is 10.2 Å². The lowest BCUT2D eigenvalue weighted by Crippen LogP contribution is -2.38. The summed E-state index contributed by atoms with van der Waals surface area (Å²) in [7, 11) is 0. The van der Waals surface area contributed by atoms with Crippen molar-refractivity contribution in [2.45, 2.75) is 6.18 Å². The van der Waals surface area contributed by atoms with Crippen molar-refractivity contribution in [1.82, 2.24) is 5.32 Å². The third-order valence-corrected chi connectivity index (χ3v) is 3.19. The highest BCUT2D eigenvalue weighted by molar-refractivity contribution is 5.47. The van der Waals surface area contributed by atoms with E-state index in [0.717, 1.165) is 0 Å². The van der Waals surface area contributed by atoms with Crippen LogP contribution in [0.15, 0.2) is 12.1 Å². The molecule has 0 saturated carbocycles. The molecule has 1 fully saturated rings. The van der Waals surface area contributed by atoms with Gasteiger partial charge >= 0.3 is 6.18 Å². The zero-order chi connectivity index (χ0) is 14.9. The van der Waals surface area contributed by atoms with Gasteiger partial charge in [-0.15, -0.1) is 0 Å². The molecule has 1 N–H and O–H groups in total. The lowest BCUT2D eigenvalue weighted by molar-refractivity contribution is -0.169. The summed E-state index contributed by atoms with van der Waals surface area (Å²) in [4.78, 5) is 1.20. The number of nitrogens with zero attached hydrogens (tertiary/aromatic N) is 1. The number of nitrogens with one attached hydrogen (secondary N) is 1. The minimum Gasteiger partial charge on any atom is -0.369 e. The van der Waals surface area contributed by atoms with Crippen LogP contribution in [0.4, 0.5) is 32.0 Å². The van der Waals surface area contributed by atoms with E-state index in [1.54, 1.807) is 0 Å². The van der Waals surface area contributed by atoms with Gasteiger partial charge in [-0.1, -0.05) is 0 Å². The van der Waals surface area contributed by atoms with Gasteiger partial charge in [0.15, 0.2) is 17.5 Å². The van der Waals surface area contributed by atoms with Crippen LogP contribution in [-0.4, -0.2) is 32.4 Å². The first kappa shape index (κ1) is 15.0. The highest BCUT2D eigenvalue weighted by Gasteiger charge is 2.41. The number of halogens is 6. The van der Waals surface area contributed by atoms with Crippen molar-refractivity contribution in [3.63, 3.8) is 0 Å². The SMILES string of the molecule is Fc1cc(N2CCNCC(C(F)(F)F)C2)cc(F)c1F. The van der Waals surface area contributed by atoms with Gasteiger partial charge in [-0.2, -0.15) is 13.2 Å². The Morgan fingerprint density at radius 1 is 1.10 bits per heavy atom. The fourth-order valence-electron chi connectivity index (χ4n) is 2.09. The molecular formula is C12H12F6N2. The summed E-state index contributed by atoms with van der Waals surface area (Å²) in [5.74, 6) is -6.11. The molecule has 8 heteroatoms. The van der Waals surface area contributed by atoms with Gasteiger partial charge in [-0.3, -0.25) is 0 Å². The Hall–Kier alpha value is -1.44. The van der Waals surface area contributed by atoms with Crippen LogP contribution in [0, 0.1) is 23.4 Å². The average molecular weight is 298 g/mol. The van der Waals surface area contributed by atoms with Crippen molar-refractivity contribution in [1.29, 1.82) is 0 Å². The normalized spacial score (nSPS) is 20.9. The van der Waals surface area contributed by atoms with Crippen molar-refractivity contribution in [2.24, 2.45) is 5.92 Å². The topological polar surface area (TPSA) is 15.3 Å². The van der Waals surface area contributed by atoms with Crippen LogP contribution in [-0.2, 0) is 0 Å². The summed E-state index contributed by atoms with van der Waals surface area (Å²) in [5.41, 5.74) is -0.0978. The second-order valence-electron chi connectivity index (χ2n) is 4.61.